The van der Waals surface area contributed by atoms with Gasteiger partial charge in [0.05, 0.1) is 11.5 Å². The van der Waals surface area contributed by atoms with E-state index in [4.69, 9.17) is 4.74 Å². The van der Waals surface area contributed by atoms with Crippen molar-refractivity contribution >= 4 is 5.69 Å². The second-order valence-corrected chi connectivity index (χ2v) is 4.37. The number of piperidine rings is 1. The average molecular weight is 251 g/mol. The largest absolute Gasteiger partial charge is 0.473 e. The standard InChI is InChI=1S/C12H17N3O3/c16-15(17)11-5-3-8-14-12(11)18-9-6-10-4-1-2-7-13-10/h3,5,8,10,13H,1-2,4,6-7,9H2/t10-/m0/s1. The van der Waals surface area contributed by atoms with Crippen molar-refractivity contribution in [3.05, 3.63) is 28.4 Å². The summed E-state index contributed by atoms with van der Waals surface area (Å²) in [5.41, 5.74) is -0.0749. The van der Waals surface area contributed by atoms with Crippen LogP contribution in [0.15, 0.2) is 18.3 Å². The van der Waals surface area contributed by atoms with Gasteiger partial charge in [0.2, 0.25) is 0 Å². The molecule has 2 heterocycles. The Morgan fingerprint density at radius 3 is 3.17 bits per heavy atom. The number of hydrogen-bond acceptors (Lipinski definition) is 5. The fourth-order valence-corrected chi connectivity index (χ4v) is 2.10. The van der Waals surface area contributed by atoms with Gasteiger partial charge in [0.15, 0.2) is 0 Å². The molecule has 0 unspecified atom stereocenters. The summed E-state index contributed by atoms with van der Waals surface area (Å²) in [7, 11) is 0. The molecule has 98 valence electrons. The zero-order chi connectivity index (χ0) is 12.8. The summed E-state index contributed by atoms with van der Waals surface area (Å²) in [6.07, 6.45) is 5.97. The van der Waals surface area contributed by atoms with Gasteiger partial charge in [-0.2, -0.15) is 0 Å². The van der Waals surface area contributed by atoms with Crippen molar-refractivity contribution in [1.29, 1.82) is 0 Å². The molecule has 1 aromatic rings. The SMILES string of the molecule is O=[N+]([O-])c1cccnc1OCC[C@@H]1CCCCN1. The smallest absolute Gasteiger partial charge is 0.330 e. The lowest BCUT2D eigenvalue weighted by molar-refractivity contribution is -0.386. The lowest BCUT2D eigenvalue weighted by Crippen LogP contribution is -2.35. The predicted molar refractivity (Wildman–Crippen MR) is 66.6 cm³/mol. The van der Waals surface area contributed by atoms with Gasteiger partial charge in [-0.05, 0) is 31.9 Å². The van der Waals surface area contributed by atoms with Crippen LogP contribution in [0.3, 0.4) is 0 Å². The molecule has 1 fully saturated rings. The van der Waals surface area contributed by atoms with E-state index in [2.05, 4.69) is 10.3 Å². The molecule has 0 radical (unpaired) electrons. The number of nitro groups is 1. The molecule has 1 aliphatic heterocycles. The molecule has 6 nitrogen and oxygen atoms in total. The molecule has 0 saturated carbocycles. The van der Waals surface area contributed by atoms with Crippen LogP contribution in [0.1, 0.15) is 25.7 Å². The maximum Gasteiger partial charge on any atom is 0.330 e. The molecule has 0 amide bonds. The van der Waals surface area contributed by atoms with Gasteiger partial charge in [-0.25, -0.2) is 4.98 Å². The highest BCUT2D eigenvalue weighted by Gasteiger charge is 2.17. The Balaban J connectivity index is 1.84. The van der Waals surface area contributed by atoms with Gasteiger partial charge >= 0.3 is 5.69 Å². The lowest BCUT2D eigenvalue weighted by Gasteiger charge is -2.23. The molecule has 1 saturated heterocycles. The molecule has 1 atom stereocenters. The van der Waals surface area contributed by atoms with Crippen LogP contribution in [0, 0.1) is 10.1 Å². The minimum absolute atomic E-state index is 0.0749. The van der Waals surface area contributed by atoms with E-state index >= 15 is 0 Å². The molecule has 0 spiro atoms. The average Bonchev–Trinajstić information content (AvgIpc) is 2.40. The van der Waals surface area contributed by atoms with E-state index in [1.807, 2.05) is 0 Å². The number of ether oxygens (including phenoxy) is 1. The Morgan fingerprint density at radius 2 is 2.44 bits per heavy atom. The first-order valence-electron chi connectivity index (χ1n) is 6.23. The van der Waals surface area contributed by atoms with E-state index in [9.17, 15) is 10.1 Å². The molecule has 1 N–H and O–H groups in total. The first-order valence-corrected chi connectivity index (χ1v) is 6.23. The highest BCUT2D eigenvalue weighted by molar-refractivity contribution is 5.39. The van der Waals surface area contributed by atoms with Gasteiger partial charge in [0, 0.05) is 18.3 Å². The maximum absolute atomic E-state index is 10.8. The summed E-state index contributed by atoms with van der Waals surface area (Å²) in [6, 6.07) is 3.40. The van der Waals surface area contributed by atoms with Crippen molar-refractivity contribution in [2.45, 2.75) is 31.7 Å². The summed E-state index contributed by atoms with van der Waals surface area (Å²) >= 11 is 0. The highest BCUT2D eigenvalue weighted by atomic mass is 16.6. The fourth-order valence-electron chi connectivity index (χ4n) is 2.10. The monoisotopic (exact) mass is 251 g/mol. The topological polar surface area (TPSA) is 77.3 Å². The number of nitrogens with one attached hydrogen (secondary N) is 1. The summed E-state index contributed by atoms with van der Waals surface area (Å²) < 4.78 is 5.41. The minimum Gasteiger partial charge on any atom is -0.473 e. The van der Waals surface area contributed by atoms with Crippen LogP contribution in [0.25, 0.3) is 0 Å². The second-order valence-electron chi connectivity index (χ2n) is 4.37. The molecular formula is C12H17N3O3. The molecule has 18 heavy (non-hydrogen) atoms. The summed E-state index contributed by atoms with van der Waals surface area (Å²) in [5, 5.41) is 14.2. The van der Waals surface area contributed by atoms with E-state index in [-0.39, 0.29) is 11.6 Å². The first-order chi connectivity index (χ1) is 8.77. The second kappa shape index (κ2) is 6.30. The van der Waals surface area contributed by atoms with Crippen molar-refractivity contribution < 1.29 is 9.66 Å². The highest BCUT2D eigenvalue weighted by Crippen LogP contribution is 2.23. The van der Waals surface area contributed by atoms with E-state index in [0.29, 0.717) is 12.6 Å². The molecule has 1 aromatic heterocycles. The number of pyridine rings is 1. The number of nitrogens with zero attached hydrogens (tertiary/aromatic N) is 2. The van der Waals surface area contributed by atoms with Gasteiger partial charge in [-0.15, -0.1) is 0 Å². The summed E-state index contributed by atoms with van der Waals surface area (Å²) in [4.78, 5) is 14.2. The van der Waals surface area contributed by atoms with E-state index in [0.717, 1.165) is 19.4 Å². The third-order valence-electron chi connectivity index (χ3n) is 3.07. The number of hydrogen-bond donors (Lipinski definition) is 1. The van der Waals surface area contributed by atoms with Crippen molar-refractivity contribution in [2.24, 2.45) is 0 Å². The normalized spacial score (nSPS) is 19.4. The summed E-state index contributed by atoms with van der Waals surface area (Å²) in [6.45, 7) is 1.50. The molecule has 0 aliphatic carbocycles. The van der Waals surface area contributed by atoms with Gasteiger partial charge in [-0.3, -0.25) is 10.1 Å². The molecule has 6 heteroatoms. The predicted octanol–water partition coefficient (Wildman–Crippen LogP) is 1.90. The Bertz CT molecular complexity index is 405. The van der Waals surface area contributed by atoms with Crippen LogP contribution in [0.2, 0.25) is 0 Å². The van der Waals surface area contributed by atoms with Crippen molar-refractivity contribution in [3.8, 4) is 5.88 Å². The van der Waals surface area contributed by atoms with Crippen LogP contribution in [-0.2, 0) is 0 Å². The Kier molecular flexibility index (Phi) is 4.46. The van der Waals surface area contributed by atoms with Crippen LogP contribution >= 0.6 is 0 Å². The van der Waals surface area contributed by atoms with E-state index in [1.54, 1.807) is 0 Å². The van der Waals surface area contributed by atoms with Gasteiger partial charge < -0.3 is 10.1 Å². The lowest BCUT2D eigenvalue weighted by atomic mass is 10.0. The summed E-state index contributed by atoms with van der Waals surface area (Å²) in [5.74, 6) is 0.110. The third kappa shape index (κ3) is 3.40. The van der Waals surface area contributed by atoms with Crippen molar-refractivity contribution in [1.82, 2.24) is 10.3 Å². The van der Waals surface area contributed by atoms with Gasteiger partial charge in [-0.1, -0.05) is 6.42 Å². The quantitative estimate of drug-likeness (QED) is 0.638. The Hall–Kier alpha value is -1.69. The maximum atomic E-state index is 10.8. The minimum atomic E-state index is -0.471. The number of aromatic nitrogens is 1. The van der Waals surface area contributed by atoms with Crippen molar-refractivity contribution in [2.75, 3.05) is 13.2 Å². The molecule has 0 aromatic carbocycles. The molecular weight excluding hydrogens is 234 g/mol. The van der Waals surface area contributed by atoms with Crippen LogP contribution in [0.5, 0.6) is 5.88 Å². The fraction of sp³-hybridized carbons (Fsp3) is 0.583. The molecule has 0 bridgehead atoms. The number of rotatable bonds is 5. The first kappa shape index (κ1) is 12.8. The van der Waals surface area contributed by atoms with Crippen LogP contribution < -0.4 is 10.1 Å². The Labute approximate surface area is 106 Å². The molecule has 1 aliphatic rings. The van der Waals surface area contributed by atoms with Gasteiger partial charge in [0.1, 0.15) is 0 Å². The zero-order valence-electron chi connectivity index (χ0n) is 10.2. The molecule has 2 rings (SSSR count). The zero-order valence-corrected chi connectivity index (χ0v) is 10.2. The van der Waals surface area contributed by atoms with Crippen LogP contribution in [-0.4, -0.2) is 29.1 Å². The van der Waals surface area contributed by atoms with E-state index in [1.165, 1.54) is 31.2 Å². The Morgan fingerprint density at radius 1 is 1.56 bits per heavy atom. The van der Waals surface area contributed by atoms with E-state index < -0.39 is 4.92 Å². The van der Waals surface area contributed by atoms with Gasteiger partial charge in [0.25, 0.3) is 5.88 Å². The van der Waals surface area contributed by atoms with Crippen LogP contribution in [0.4, 0.5) is 5.69 Å². The third-order valence-corrected chi connectivity index (χ3v) is 3.07. The van der Waals surface area contributed by atoms with Crippen molar-refractivity contribution in [3.63, 3.8) is 0 Å².